The number of benzene rings is 3. The lowest BCUT2D eigenvalue weighted by atomic mass is 10.1. The average Bonchev–Trinajstić information content (AvgIpc) is 3.21. The summed E-state index contributed by atoms with van der Waals surface area (Å²) in [5.41, 5.74) is 3.76. The third-order valence-corrected chi connectivity index (χ3v) is 5.99. The van der Waals surface area contributed by atoms with Crippen molar-refractivity contribution in [2.24, 2.45) is 0 Å². The van der Waals surface area contributed by atoms with Crippen molar-refractivity contribution < 1.29 is 9.18 Å². The SMILES string of the molecule is CCc1ccc(C(=O)CSc2nnc(-c3ccc(F)cc3)n2Cc2ccccc2)cc1. The van der Waals surface area contributed by atoms with Crippen LogP contribution in [0, 0.1) is 5.82 Å². The topological polar surface area (TPSA) is 47.8 Å². The Hall–Kier alpha value is -3.25. The predicted octanol–water partition coefficient (Wildman–Crippen LogP) is 5.67. The van der Waals surface area contributed by atoms with Crippen molar-refractivity contribution in [2.75, 3.05) is 5.75 Å². The van der Waals surface area contributed by atoms with E-state index in [2.05, 4.69) is 17.1 Å². The number of carbonyl (C=O) groups excluding carboxylic acids is 1. The molecule has 0 aliphatic carbocycles. The number of nitrogens with zero attached hydrogens (tertiary/aromatic N) is 3. The highest BCUT2D eigenvalue weighted by molar-refractivity contribution is 7.99. The second-order valence-electron chi connectivity index (χ2n) is 7.15. The van der Waals surface area contributed by atoms with Crippen LogP contribution in [0.2, 0.25) is 0 Å². The molecule has 0 saturated heterocycles. The molecule has 0 fully saturated rings. The molecular weight excluding hydrogens is 409 g/mol. The number of hydrogen-bond donors (Lipinski definition) is 0. The van der Waals surface area contributed by atoms with E-state index in [0.717, 1.165) is 17.5 Å². The van der Waals surface area contributed by atoms with E-state index in [9.17, 15) is 9.18 Å². The number of Topliss-reactive ketones (excluding diaryl/α,β-unsaturated/α-hetero) is 1. The van der Waals surface area contributed by atoms with Gasteiger partial charge in [-0.3, -0.25) is 9.36 Å². The molecule has 6 heteroatoms. The second-order valence-corrected chi connectivity index (χ2v) is 8.09. The highest BCUT2D eigenvalue weighted by atomic mass is 32.2. The van der Waals surface area contributed by atoms with Crippen LogP contribution in [0.1, 0.15) is 28.4 Å². The van der Waals surface area contributed by atoms with Crippen LogP contribution in [0.15, 0.2) is 84.0 Å². The van der Waals surface area contributed by atoms with E-state index in [0.29, 0.717) is 23.1 Å². The number of halogens is 1. The molecule has 0 aliphatic rings. The summed E-state index contributed by atoms with van der Waals surface area (Å²) in [4.78, 5) is 12.7. The first-order valence-electron chi connectivity index (χ1n) is 10.1. The molecule has 31 heavy (non-hydrogen) atoms. The van der Waals surface area contributed by atoms with Crippen molar-refractivity contribution >= 4 is 17.5 Å². The quantitative estimate of drug-likeness (QED) is 0.266. The Kier molecular flexibility index (Phi) is 6.57. The maximum absolute atomic E-state index is 13.4. The van der Waals surface area contributed by atoms with E-state index < -0.39 is 0 Å². The largest absolute Gasteiger partial charge is 0.298 e. The third-order valence-electron chi connectivity index (χ3n) is 5.02. The van der Waals surface area contributed by atoms with E-state index in [-0.39, 0.29) is 17.4 Å². The fourth-order valence-corrected chi connectivity index (χ4v) is 4.09. The zero-order valence-electron chi connectivity index (χ0n) is 17.2. The van der Waals surface area contributed by atoms with Gasteiger partial charge in [0.15, 0.2) is 16.8 Å². The van der Waals surface area contributed by atoms with Gasteiger partial charge in [-0.15, -0.1) is 10.2 Å². The Bertz CT molecular complexity index is 1160. The second kappa shape index (κ2) is 9.71. The Morgan fingerprint density at radius 3 is 2.29 bits per heavy atom. The summed E-state index contributed by atoms with van der Waals surface area (Å²) in [5, 5.41) is 9.33. The molecule has 0 bridgehead atoms. The number of thioether (sulfide) groups is 1. The summed E-state index contributed by atoms with van der Waals surface area (Å²) in [5.74, 6) is 0.658. The molecule has 0 atom stereocenters. The van der Waals surface area contributed by atoms with Gasteiger partial charge in [-0.25, -0.2) is 4.39 Å². The summed E-state index contributed by atoms with van der Waals surface area (Å²) in [7, 11) is 0. The zero-order chi connectivity index (χ0) is 21.6. The van der Waals surface area contributed by atoms with E-state index >= 15 is 0 Å². The minimum Gasteiger partial charge on any atom is -0.298 e. The lowest BCUT2D eigenvalue weighted by Crippen LogP contribution is -2.07. The standard InChI is InChI=1S/C25H22FN3OS/c1-2-18-8-10-20(11-9-18)23(30)17-31-25-28-27-24(21-12-14-22(26)15-13-21)29(25)16-19-6-4-3-5-7-19/h3-15H,2,16-17H2,1H3. The van der Waals surface area contributed by atoms with Crippen LogP contribution in [-0.4, -0.2) is 26.3 Å². The maximum Gasteiger partial charge on any atom is 0.192 e. The fraction of sp³-hybridized carbons (Fsp3) is 0.160. The van der Waals surface area contributed by atoms with Crippen molar-refractivity contribution in [3.63, 3.8) is 0 Å². The average molecular weight is 432 g/mol. The molecule has 0 saturated carbocycles. The number of aromatic nitrogens is 3. The number of hydrogen-bond acceptors (Lipinski definition) is 4. The molecule has 4 aromatic rings. The highest BCUT2D eigenvalue weighted by Crippen LogP contribution is 2.26. The van der Waals surface area contributed by atoms with Gasteiger partial charge in [0.05, 0.1) is 12.3 Å². The molecule has 4 nitrogen and oxygen atoms in total. The van der Waals surface area contributed by atoms with E-state index in [4.69, 9.17) is 0 Å². The molecular formula is C25H22FN3OS. The molecule has 3 aromatic carbocycles. The number of ketones is 1. The van der Waals surface area contributed by atoms with E-state index in [1.54, 1.807) is 12.1 Å². The van der Waals surface area contributed by atoms with Gasteiger partial charge in [0.1, 0.15) is 5.82 Å². The Morgan fingerprint density at radius 2 is 1.61 bits per heavy atom. The first-order chi connectivity index (χ1) is 15.1. The minimum absolute atomic E-state index is 0.0465. The minimum atomic E-state index is -0.299. The smallest absolute Gasteiger partial charge is 0.192 e. The Labute approximate surface area is 185 Å². The Balaban J connectivity index is 1.58. The van der Waals surface area contributed by atoms with Gasteiger partial charge in [0.25, 0.3) is 0 Å². The molecule has 0 radical (unpaired) electrons. The van der Waals surface area contributed by atoms with Crippen molar-refractivity contribution in [2.45, 2.75) is 25.0 Å². The van der Waals surface area contributed by atoms with Crippen LogP contribution >= 0.6 is 11.8 Å². The van der Waals surface area contributed by atoms with Crippen LogP contribution in [-0.2, 0) is 13.0 Å². The van der Waals surface area contributed by atoms with Crippen molar-refractivity contribution in [3.05, 3.63) is 101 Å². The van der Waals surface area contributed by atoms with Gasteiger partial charge in [-0.1, -0.05) is 73.3 Å². The van der Waals surface area contributed by atoms with E-state index in [1.807, 2.05) is 59.2 Å². The predicted molar refractivity (Wildman–Crippen MR) is 122 cm³/mol. The number of carbonyl (C=O) groups is 1. The monoisotopic (exact) mass is 431 g/mol. The summed E-state index contributed by atoms with van der Waals surface area (Å²) in [6.07, 6.45) is 0.942. The van der Waals surface area contributed by atoms with Crippen LogP contribution in [0.3, 0.4) is 0 Å². The van der Waals surface area contributed by atoms with Gasteiger partial charge >= 0.3 is 0 Å². The van der Waals surface area contributed by atoms with Crippen LogP contribution in [0.5, 0.6) is 0 Å². The molecule has 0 N–H and O–H groups in total. The molecule has 0 unspecified atom stereocenters. The molecule has 1 aromatic heterocycles. The van der Waals surface area contributed by atoms with E-state index in [1.165, 1.54) is 29.5 Å². The van der Waals surface area contributed by atoms with Crippen molar-refractivity contribution in [1.29, 1.82) is 0 Å². The summed E-state index contributed by atoms with van der Waals surface area (Å²) in [6.45, 7) is 2.65. The van der Waals surface area contributed by atoms with Gasteiger partial charge in [0.2, 0.25) is 0 Å². The number of aryl methyl sites for hydroxylation is 1. The Morgan fingerprint density at radius 1 is 0.903 bits per heavy atom. The molecule has 4 rings (SSSR count). The van der Waals surface area contributed by atoms with Crippen molar-refractivity contribution in [1.82, 2.24) is 14.8 Å². The lowest BCUT2D eigenvalue weighted by molar-refractivity contribution is 0.102. The molecule has 1 heterocycles. The first-order valence-corrected chi connectivity index (χ1v) is 11.1. The van der Waals surface area contributed by atoms with Gasteiger partial charge in [-0.2, -0.15) is 0 Å². The lowest BCUT2D eigenvalue weighted by Gasteiger charge is -2.10. The zero-order valence-corrected chi connectivity index (χ0v) is 18.0. The highest BCUT2D eigenvalue weighted by Gasteiger charge is 2.17. The van der Waals surface area contributed by atoms with Gasteiger partial charge in [-0.05, 0) is 41.8 Å². The van der Waals surface area contributed by atoms with Gasteiger partial charge < -0.3 is 0 Å². The van der Waals surface area contributed by atoms with Gasteiger partial charge in [0, 0.05) is 11.1 Å². The molecule has 0 amide bonds. The van der Waals surface area contributed by atoms with Crippen LogP contribution < -0.4 is 0 Å². The molecule has 0 spiro atoms. The third kappa shape index (κ3) is 5.09. The molecule has 0 aliphatic heterocycles. The summed E-state index contributed by atoms with van der Waals surface area (Å²) >= 11 is 1.36. The molecule has 156 valence electrons. The maximum atomic E-state index is 13.4. The first kappa shape index (κ1) is 21.0. The number of rotatable bonds is 8. The normalized spacial score (nSPS) is 10.9. The fourth-order valence-electron chi connectivity index (χ4n) is 3.26. The summed E-state index contributed by atoms with van der Waals surface area (Å²) in [6, 6.07) is 23.9. The summed E-state index contributed by atoms with van der Waals surface area (Å²) < 4.78 is 15.4. The van der Waals surface area contributed by atoms with Crippen molar-refractivity contribution in [3.8, 4) is 11.4 Å². The van der Waals surface area contributed by atoms with Crippen LogP contribution in [0.25, 0.3) is 11.4 Å². The van der Waals surface area contributed by atoms with Crippen LogP contribution in [0.4, 0.5) is 4.39 Å².